The van der Waals surface area contributed by atoms with Gasteiger partial charge in [-0.15, -0.1) is 0 Å². The molecule has 0 bridgehead atoms. The van der Waals surface area contributed by atoms with Gasteiger partial charge < -0.3 is 15.1 Å². The molecule has 0 radical (unpaired) electrons. The summed E-state index contributed by atoms with van der Waals surface area (Å²) in [7, 11) is 0. The van der Waals surface area contributed by atoms with Gasteiger partial charge in [-0.2, -0.15) is 5.10 Å². The van der Waals surface area contributed by atoms with Gasteiger partial charge in [0.15, 0.2) is 5.65 Å². The minimum absolute atomic E-state index is 0.0550. The summed E-state index contributed by atoms with van der Waals surface area (Å²) < 4.78 is 2.97. The summed E-state index contributed by atoms with van der Waals surface area (Å²) in [6, 6.07) is 16.3. The number of nitrogens with zero attached hydrogens (tertiary/aromatic N) is 5. The maximum atomic E-state index is 13.1. The van der Waals surface area contributed by atoms with Gasteiger partial charge in [0.05, 0.1) is 30.6 Å². The number of hydrogen-bond acceptors (Lipinski definition) is 6. The second-order valence-electron chi connectivity index (χ2n) is 8.68. The fraction of sp³-hybridized carbons (Fsp3) is 0.280. The Hall–Kier alpha value is -3.82. The Balaban J connectivity index is 1.34. The first-order valence-corrected chi connectivity index (χ1v) is 11.2. The fourth-order valence-corrected chi connectivity index (χ4v) is 4.40. The summed E-state index contributed by atoms with van der Waals surface area (Å²) in [5.41, 5.74) is 1.06. The van der Waals surface area contributed by atoms with Crippen LogP contribution in [-0.4, -0.2) is 59.0 Å². The van der Waals surface area contributed by atoms with Crippen molar-refractivity contribution in [1.29, 1.82) is 0 Å². The lowest BCUT2D eigenvalue weighted by atomic mass is 9.91. The molecule has 2 aromatic carbocycles. The van der Waals surface area contributed by atoms with E-state index < -0.39 is 5.60 Å². The average molecular weight is 460 g/mol. The van der Waals surface area contributed by atoms with Gasteiger partial charge in [-0.05, 0) is 42.7 Å². The normalized spacial score (nSPS) is 15.5. The lowest BCUT2D eigenvalue weighted by molar-refractivity contribution is -0.0299. The number of aliphatic hydroxyl groups excluding tert-OH is 1. The first-order chi connectivity index (χ1) is 16.5. The number of aliphatic hydroxyl groups is 2. The van der Waals surface area contributed by atoms with Gasteiger partial charge in [0, 0.05) is 18.7 Å². The van der Waals surface area contributed by atoms with Crippen LogP contribution in [0.1, 0.15) is 28.8 Å². The largest absolute Gasteiger partial charge is 0.392 e. The van der Waals surface area contributed by atoms with E-state index in [-0.39, 0.29) is 24.6 Å². The molecule has 0 aliphatic carbocycles. The van der Waals surface area contributed by atoms with E-state index in [0.717, 1.165) is 5.56 Å². The Morgan fingerprint density at radius 3 is 2.56 bits per heavy atom. The molecule has 2 N–H and O–H groups in total. The number of carbonyl (C=O) groups excluding carboxylic acids is 1. The van der Waals surface area contributed by atoms with Crippen LogP contribution in [0.2, 0.25) is 0 Å². The van der Waals surface area contributed by atoms with Gasteiger partial charge in [-0.1, -0.05) is 30.3 Å². The maximum Gasteiger partial charge on any atom is 0.264 e. The van der Waals surface area contributed by atoms with Crippen molar-refractivity contribution in [3.8, 4) is 5.69 Å². The van der Waals surface area contributed by atoms with Crippen LogP contribution in [0.3, 0.4) is 0 Å². The zero-order chi connectivity index (χ0) is 23.7. The third-order valence-electron chi connectivity index (χ3n) is 6.36. The smallest absolute Gasteiger partial charge is 0.264 e. The molecule has 4 aromatic rings. The quantitative estimate of drug-likeness (QED) is 0.470. The summed E-state index contributed by atoms with van der Waals surface area (Å²) in [5.74, 6) is -0.0550. The monoisotopic (exact) mass is 459 g/mol. The van der Waals surface area contributed by atoms with Crippen molar-refractivity contribution >= 4 is 16.9 Å². The number of rotatable bonds is 5. The van der Waals surface area contributed by atoms with Crippen LogP contribution >= 0.6 is 0 Å². The second kappa shape index (κ2) is 8.85. The molecule has 0 atom stereocenters. The number of aromatic nitrogens is 4. The maximum absolute atomic E-state index is 13.1. The van der Waals surface area contributed by atoms with Crippen molar-refractivity contribution in [3.05, 3.63) is 88.6 Å². The van der Waals surface area contributed by atoms with Crippen LogP contribution in [0.25, 0.3) is 16.7 Å². The molecular weight excluding hydrogens is 434 g/mol. The van der Waals surface area contributed by atoms with E-state index in [1.807, 2.05) is 24.3 Å². The predicted molar refractivity (Wildman–Crippen MR) is 126 cm³/mol. The van der Waals surface area contributed by atoms with Crippen molar-refractivity contribution in [2.24, 2.45) is 0 Å². The first-order valence-electron chi connectivity index (χ1n) is 11.2. The lowest BCUT2D eigenvalue weighted by Crippen LogP contribution is -2.49. The number of likely N-dealkylation sites (tertiary alicyclic amines) is 1. The molecule has 0 saturated carbocycles. The Bertz CT molecular complexity index is 1390. The van der Waals surface area contributed by atoms with E-state index in [1.54, 1.807) is 39.9 Å². The molecule has 9 heteroatoms. The number of piperidine rings is 1. The zero-order valence-corrected chi connectivity index (χ0v) is 18.5. The minimum Gasteiger partial charge on any atom is -0.392 e. The summed E-state index contributed by atoms with van der Waals surface area (Å²) >= 11 is 0. The summed E-state index contributed by atoms with van der Waals surface area (Å²) in [6.45, 7) is 0.815. The number of carbonyl (C=O) groups is 1. The van der Waals surface area contributed by atoms with Crippen molar-refractivity contribution in [2.75, 3.05) is 13.1 Å². The molecule has 1 aliphatic rings. The molecular formula is C25H25N5O4. The van der Waals surface area contributed by atoms with Gasteiger partial charge in [-0.3, -0.25) is 14.2 Å². The molecule has 9 nitrogen and oxygen atoms in total. The van der Waals surface area contributed by atoms with Crippen LogP contribution < -0.4 is 5.56 Å². The third-order valence-corrected chi connectivity index (χ3v) is 6.36. The highest BCUT2D eigenvalue weighted by Crippen LogP contribution is 2.25. The van der Waals surface area contributed by atoms with E-state index in [1.165, 1.54) is 17.1 Å². The Kier molecular flexibility index (Phi) is 5.72. The van der Waals surface area contributed by atoms with E-state index in [2.05, 4.69) is 10.1 Å². The zero-order valence-electron chi connectivity index (χ0n) is 18.5. The molecule has 34 heavy (non-hydrogen) atoms. The molecule has 1 saturated heterocycles. The lowest BCUT2D eigenvalue weighted by Gasteiger charge is -2.38. The summed E-state index contributed by atoms with van der Waals surface area (Å²) in [4.78, 5) is 32.0. The van der Waals surface area contributed by atoms with Crippen LogP contribution in [0, 0.1) is 0 Å². The van der Waals surface area contributed by atoms with Crippen LogP contribution in [0.15, 0.2) is 71.9 Å². The topological polar surface area (TPSA) is 113 Å². The van der Waals surface area contributed by atoms with Crippen molar-refractivity contribution < 1.29 is 15.0 Å². The number of hydrogen-bond donors (Lipinski definition) is 2. The second-order valence-corrected chi connectivity index (χ2v) is 8.68. The average Bonchev–Trinajstić information content (AvgIpc) is 3.31. The Morgan fingerprint density at radius 1 is 1.06 bits per heavy atom. The van der Waals surface area contributed by atoms with E-state index in [0.29, 0.717) is 48.2 Å². The molecule has 0 spiro atoms. The highest BCUT2D eigenvalue weighted by molar-refractivity contribution is 5.94. The van der Waals surface area contributed by atoms with Gasteiger partial charge in [0.1, 0.15) is 11.7 Å². The standard InChI is InChI=1S/C25H25N5O4/c31-15-18-5-4-8-20(13-18)30-22-21(14-27-30)24(33)29(17-26-22)16-25(34)9-11-28(12-10-25)23(32)19-6-2-1-3-7-19/h1-8,13-14,17,31,34H,9-12,15-16H2. The van der Waals surface area contributed by atoms with Gasteiger partial charge in [0.2, 0.25) is 0 Å². The van der Waals surface area contributed by atoms with E-state index in [9.17, 15) is 19.8 Å². The molecule has 2 aromatic heterocycles. The minimum atomic E-state index is -1.11. The molecule has 174 valence electrons. The predicted octanol–water partition coefficient (Wildman–Crippen LogP) is 1.74. The molecule has 0 unspecified atom stereocenters. The number of amides is 1. The number of benzene rings is 2. The highest BCUT2D eigenvalue weighted by Gasteiger charge is 2.35. The fourth-order valence-electron chi connectivity index (χ4n) is 4.40. The number of fused-ring (bicyclic) bond motifs is 1. The van der Waals surface area contributed by atoms with Crippen molar-refractivity contribution in [2.45, 2.75) is 31.6 Å². The highest BCUT2D eigenvalue weighted by atomic mass is 16.3. The summed E-state index contributed by atoms with van der Waals surface area (Å²) in [6.07, 6.45) is 3.63. The van der Waals surface area contributed by atoms with Gasteiger partial charge in [0.25, 0.3) is 11.5 Å². The van der Waals surface area contributed by atoms with Crippen molar-refractivity contribution in [1.82, 2.24) is 24.2 Å². The van der Waals surface area contributed by atoms with Crippen LogP contribution in [-0.2, 0) is 13.2 Å². The third kappa shape index (κ3) is 4.11. The first kappa shape index (κ1) is 22.0. The van der Waals surface area contributed by atoms with E-state index >= 15 is 0 Å². The Labute approximate surface area is 195 Å². The molecule has 1 fully saturated rings. The Morgan fingerprint density at radius 2 is 1.82 bits per heavy atom. The van der Waals surface area contributed by atoms with Gasteiger partial charge >= 0.3 is 0 Å². The molecule has 1 amide bonds. The van der Waals surface area contributed by atoms with Crippen LogP contribution in [0.4, 0.5) is 0 Å². The van der Waals surface area contributed by atoms with Crippen LogP contribution in [0.5, 0.6) is 0 Å². The summed E-state index contributed by atoms with van der Waals surface area (Å²) in [5, 5.41) is 25.2. The molecule has 3 heterocycles. The molecule has 1 aliphatic heterocycles. The molecule has 5 rings (SSSR count). The van der Waals surface area contributed by atoms with Gasteiger partial charge in [-0.25, -0.2) is 9.67 Å². The SMILES string of the molecule is O=C(c1ccccc1)N1CCC(O)(Cn2cnc3c(cnn3-c3cccc(CO)c3)c2=O)CC1. The van der Waals surface area contributed by atoms with Crippen molar-refractivity contribution in [3.63, 3.8) is 0 Å². The van der Waals surface area contributed by atoms with E-state index in [4.69, 9.17) is 0 Å².